The van der Waals surface area contributed by atoms with E-state index >= 15 is 0 Å². The maximum Gasteiger partial charge on any atom is 0.0834 e. The molecule has 2 rings (SSSR count). The third-order valence-electron chi connectivity index (χ3n) is 3.39. The number of methoxy groups -OCH3 is 1. The van der Waals surface area contributed by atoms with Gasteiger partial charge in [-0.05, 0) is 19.3 Å². The van der Waals surface area contributed by atoms with Crippen molar-refractivity contribution in [3.63, 3.8) is 0 Å². The van der Waals surface area contributed by atoms with Crippen molar-refractivity contribution in [2.75, 3.05) is 20.3 Å². The molecule has 19 heavy (non-hydrogen) atoms. The number of halogens is 1. The molecule has 0 amide bonds. The van der Waals surface area contributed by atoms with Crippen LogP contribution in [0, 0.1) is 0 Å². The van der Waals surface area contributed by atoms with Crippen LogP contribution in [0.15, 0.2) is 6.20 Å². The van der Waals surface area contributed by atoms with Crippen molar-refractivity contribution in [2.24, 2.45) is 5.84 Å². The molecule has 7 heteroatoms. The number of rotatable bonds is 7. The van der Waals surface area contributed by atoms with E-state index in [4.69, 9.17) is 26.9 Å². The molecule has 0 bridgehead atoms. The summed E-state index contributed by atoms with van der Waals surface area (Å²) in [5, 5.41) is 4.89. The van der Waals surface area contributed by atoms with Crippen LogP contribution in [0.2, 0.25) is 5.02 Å². The fourth-order valence-corrected chi connectivity index (χ4v) is 2.70. The van der Waals surface area contributed by atoms with Crippen LogP contribution in [-0.4, -0.2) is 36.2 Å². The minimum absolute atomic E-state index is 0.0602. The molecule has 0 saturated carbocycles. The van der Waals surface area contributed by atoms with Gasteiger partial charge in [-0.3, -0.25) is 16.0 Å². The Morgan fingerprint density at radius 1 is 1.74 bits per heavy atom. The largest absolute Gasteiger partial charge is 0.383 e. The maximum atomic E-state index is 6.22. The molecule has 1 aromatic heterocycles. The first-order valence-electron chi connectivity index (χ1n) is 6.54. The summed E-state index contributed by atoms with van der Waals surface area (Å²) in [5.41, 5.74) is 3.72. The highest BCUT2D eigenvalue weighted by atomic mass is 35.5. The third-order valence-corrected chi connectivity index (χ3v) is 3.69. The summed E-state index contributed by atoms with van der Waals surface area (Å²) in [7, 11) is 1.66. The molecule has 6 nitrogen and oxygen atoms in total. The summed E-state index contributed by atoms with van der Waals surface area (Å²) in [5.74, 6) is 5.67. The number of nitrogens with zero attached hydrogens (tertiary/aromatic N) is 2. The van der Waals surface area contributed by atoms with Crippen molar-refractivity contribution in [1.82, 2.24) is 15.2 Å². The highest BCUT2D eigenvalue weighted by Gasteiger charge is 2.25. The summed E-state index contributed by atoms with van der Waals surface area (Å²) in [6.07, 6.45) is 4.87. The fourth-order valence-electron chi connectivity index (χ4n) is 2.43. The van der Waals surface area contributed by atoms with Crippen molar-refractivity contribution in [1.29, 1.82) is 0 Å². The van der Waals surface area contributed by atoms with Gasteiger partial charge in [0, 0.05) is 13.7 Å². The number of nitrogens with two attached hydrogens (primary N) is 1. The van der Waals surface area contributed by atoms with Crippen molar-refractivity contribution in [3.05, 3.63) is 16.9 Å². The van der Waals surface area contributed by atoms with Gasteiger partial charge in [0.05, 0.1) is 42.2 Å². The van der Waals surface area contributed by atoms with E-state index in [0.29, 0.717) is 18.2 Å². The van der Waals surface area contributed by atoms with Gasteiger partial charge < -0.3 is 9.47 Å². The second kappa shape index (κ2) is 7.21. The van der Waals surface area contributed by atoms with Crippen LogP contribution in [0.3, 0.4) is 0 Å². The van der Waals surface area contributed by atoms with Crippen LogP contribution in [0.5, 0.6) is 0 Å². The predicted molar refractivity (Wildman–Crippen MR) is 72.8 cm³/mol. The van der Waals surface area contributed by atoms with Gasteiger partial charge in [0.15, 0.2) is 0 Å². The average molecular weight is 289 g/mol. The summed E-state index contributed by atoms with van der Waals surface area (Å²) in [4.78, 5) is 0. The van der Waals surface area contributed by atoms with Gasteiger partial charge in [-0.2, -0.15) is 5.10 Å². The number of hydrazine groups is 1. The van der Waals surface area contributed by atoms with Crippen molar-refractivity contribution in [3.8, 4) is 0 Å². The van der Waals surface area contributed by atoms with E-state index in [2.05, 4.69) is 10.5 Å². The van der Waals surface area contributed by atoms with Gasteiger partial charge >= 0.3 is 0 Å². The SMILES string of the molecule is COCCn1ncc(Cl)c1C(CC1CCCO1)NN. The molecule has 2 atom stereocenters. The molecule has 0 aromatic carbocycles. The molecule has 108 valence electrons. The lowest BCUT2D eigenvalue weighted by atomic mass is 10.0. The molecular weight excluding hydrogens is 268 g/mol. The zero-order valence-electron chi connectivity index (χ0n) is 11.1. The Morgan fingerprint density at radius 2 is 2.58 bits per heavy atom. The quantitative estimate of drug-likeness (QED) is 0.584. The van der Waals surface area contributed by atoms with Crippen molar-refractivity contribution < 1.29 is 9.47 Å². The minimum atomic E-state index is -0.0602. The Kier molecular flexibility index (Phi) is 5.59. The summed E-state index contributed by atoms with van der Waals surface area (Å²) < 4.78 is 12.6. The first kappa shape index (κ1) is 14.7. The summed E-state index contributed by atoms with van der Waals surface area (Å²) >= 11 is 6.22. The summed E-state index contributed by atoms with van der Waals surface area (Å²) in [6.45, 7) is 2.07. The molecule has 1 aliphatic heterocycles. The van der Waals surface area contributed by atoms with Crippen LogP contribution >= 0.6 is 11.6 Å². The van der Waals surface area contributed by atoms with E-state index in [1.807, 2.05) is 4.68 Å². The second-order valence-electron chi connectivity index (χ2n) is 4.68. The molecule has 3 N–H and O–H groups in total. The highest BCUT2D eigenvalue weighted by Crippen LogP contribution is 2.29. The monoisotopic (exact) mass is 288 g/mol. The molecule has 1 fully saturated rings. The summed E-state index contributed by atoms with van der Waals surface area (Å²) in [6, 6.07) is -0.0602. The van der Waals surface area contributed by atoms with Crippen LogP contribution in [0.4, 0.5) is 0 Å². The Hall–Kier alpha value is -0.660. The van der Waals surface area contributed by atoms with Crippen LogP contribution in [0.25, 0.3) is 0 Å². The number of nitrogens with one attached hydrogen (secondary N) is 1. The molecule has 2 unspecified atom stereocenters. The Bertz CT molecular complexity index is 393. The number of hydrogen-bond donors (Lipinski definition) is 2. The topological polar surface area (TPSA) is 74.3 Å². The lowest BCUT2D eigenvalue weighted by Crippen LogP contribution is -2.33. The second-order valence-corrected chi connectivity index (χ2v) is 5.09. The molecule has 1 aromatic rings. The number of hydrogen-bond acceptors (Lipinski definition) is 5. The van der Waals surface area contributed by atoms with Gasteiger partial charge in [-0.15, -0.1) is 0 Å². The van der Waals surface area contributed by atoms with Crippen molar-refractivity contribution >= 4 is 11.6 Å². The van der Waals surface area contributed by atoms with E-state index in [1.54, 1.807) is 13.3 Å². The molecule has 0 spiro atoms. The first-order valence-corrected chi connectivity index (χ1v) is 6.92. The average Bonchev–Trinajstić information content (AvgIpc) is 3.04. The molecule has 2 heterocycles. The van der Waals surface area contributed by atoms with E-state index in [9.17, 15) is 0 Å². The smallest absolute Gasteiger partial charge is 0.0834 e. The third kappa shape index (κ3) is 3.67. The minimum Gasteiger partial charge on any atom is -0.383 e. The zero-order valence-corrected chi connectivity index (χ0v) is 11.9. The normalized spacial score (nSPS) is 20.9. The van der Waals surface area contributed by atoms with E-state index in [0.717, 1.165) is 31.6 Å². The predicted octanol–water partition coefficient (Wildman–Crippen LogP) is 1.26. The van der Waals surface area contributed by atoms with Gasteiger partial charge in [0.2, 0.25) is 0 Å². The fraction of sp³-hybridized carbons (Fsp3) is 0.750. The molecule has 1 aliphatic rings. The van der Waals surface area contributed by atoms with Crippen LogP contribution in [0.1, 0.15) is 31.0 Å². The van der Waals surface area contributed by atoms with Gasteiger partial charge in [0.25, 0.3) is 0 Å². The highest BCUT2D eigenvalue weighted by molar-refractivity contribution is 6.31. The van der Waals surface area contributed by atoms with Gasteiger partial charge in [0.1, 0.15) is 0 Å². The van der Waals surface area contributed by atoms with Gasteiger partial charge in [-0.25, -0.2) is 0 Å². The lowest BCUT2D eigenvalue weighted by molar-refractivity contribution is 0.0933. The Labute approximate surface area is 118 Å². The molecule has 0 aliphatic carbocycles. The lowest BCUT2D eigenvalue weighted by Gasteiger charge is -2.21. The van der Waals surface area contributed by atoms with Crippen LogP contribution < -0.4 is 11.3 Å². The van der Waals surface area contributed by atoms with E-state index in [1.165, 1.54) is 0 Å². The van der Waals surface area contributed by atoms with Crippen molar-refractivity contribution in [2.45, 2.75) is 38.0 Å². The standard InChI is InChI=1S/C12H21ClN4O2/c1-18-6-4-17-12(10(13)8-15-17)11(16-14)7-9-3-2-5-19-9/h8-9,11,16H,2-7,14H2,1H3. The molecular formula is C12H21ClN4O2. The number of aromatic nitrogens is 2. The van der Waals surface area contributed by atoms with E-state index < -0.39 is 0 Å². The number of ether oxygens (including phenoxy) is 2. The Balaban J connectivity index is 2.09. The van der Waals surface area contributed by atoms with E-state index in [-0.39, 0.29) is 12.1 Å². The van der Waals surface area contributed by atoms with Crippen LogP contribution in [-0.2, 0) is 16.0 Å². The Morgan fingerprint density at radius 3 is 3.21 bits per heavy atom. The maximum absolute atomic E-state index is 6.22. The first-order chi connectivity index (χ1) is 9.26. The molecule has 1 saturated heterocycles. The van der Waals surface area contributed by atoms with Gasteiger partial charge in [-0.1, -0.05) is 11.6 Å². The zero-order chi connectivity index (χ0) is 13.7. The molecule has 0 radical (unpaired) electrons.